The summed E-state index contributed by atoms with van der Waals surface area (Å²) in [5.74, 6) is -0.0687. The highest BCUT2D eigenvalue weighted by Gasteiger charge is 2.28. The summed E-state index contributed by atoms with van der Waals surface area (Å²) in [6.07, 6.45) is 3.41. The fourth-order valence-corrected chi connectivity index (χ4v) is 3.07. The highest BCUT2D eigenvalue weighted by molar-refractivity contribution is 7.89. The second-order valence-corrected chi connectivity index (χ2v) is 6.41. The lowest BCUT2D eigenvalue weighted by Gasteiger charge is -2.15. The molecule has 1 aliphatic rings. The zero-order valence-electron chi connectivity index (χ0n) is 11.4. The fourth-order valence-electron chi connectivity index (χ4n) is 1.70. The van der Waals surface area contributed by atoms with Crippen molar-refractivity contribution < 1.29 is 13.2 Å². The third-order valence-corrected chi connectivity index (χ3v) is 4.52. The molecule has 1 fully saturated rings. The Kier molecular flexibility index (Phi) is 4.24. The molecule has 0 spiro atoms. The van der Waals surface area contributed by atoms with Gasteiger partial charge in [-0.2, -0.15) is 4.72 Å². The lowest BCUT2D eigenvalue weighted by atomic mass is 10.3. The maximum atomic E-state index is 12.3. The molecule has 1 atom stereocenters. The zero-order chi connectivity index (χ0) is 14.8. The Hall–Kier alpha value is -1.67. The molecule has 1 aromatic heterocycles. The van der Waals surface area contributed by atoms with Gasteiger partial charge in [-0.1, -0.05) is 0 Å². The Morgan fingerprint density at radius 3 is 2.75 bits per heavy atom. The molecule has 3 N–H and O–H groups in total. The van der Waals surface area contributed by atoms with E-state index in [1.54, 1.807) is 7.05 Å². The topological polar surface area (TPSA) is 100 Å². The third-order valence-electron chi connectivity index (χ3n) is 2.95. The normalized spacial score (nSPS) is 16.5. The minimum absolute atomic E-state index is 0.0218. The van der Waals surface area contributed by atoms with Crippen LogP contribution in [0.2, 0.25) is 0 Å². The maximum Gasteiger partial charge on any atom is 0.244 e. The van der Waals surface area contributed by atoms with Crippen LogP contribution < -0.4 is 15.4 Å². The summed E-state index contributed by atoms with van der Waals surface area (Å²) >= 11 is 0. The highest BCUT2D eigenvalue weighted by Crippen LogP contribution is 2.19. The van der Waals surface area contributed by atoms with Crippen molar-refractivity contribution in [3.8, 4) is 0 Å². The van der Waals surface area contributed by atoms with E-state index in [0.29, 0.717) is 0 Å². The van der Waals surface area contributed by atoms with Crippen LogP contribution in [0.1, 0.15) is 19.8 Å². The van der Waals surface area contributed by atoms with Crippen LogP contribution >= 0.6 is 0 Å². The molecule has 110 valence electrons. The van der Waals surface area contributed by atoms with Crippen LogP contribution in [0.15, 0.2) is 23.2 Å². The number of anilines is 1. The first-order valence-corrected chi connectivity index (χ1v) is 7.88. The molecule has 1 saturated carbocycles. The van der Waals surface area contributed by atoms with Crippen LogP contribution in [-0.2, 0) is 14.8 Å². The summed E-state index contributed by atoms with van der Waals surface area (Å²) in [4.78, 5) is 15.8. The molecule has 0 radical (unpaired) electrons. The van der Waals surface area contributed by atoms with Crippen molar-refractivity contribution in [2.24, 2.45) is 0 Å². The number of nitrogens with zero attached hydrogens (tertiary/aromatic N) is 1. The molecule has 1 aromatic rings. The van der Waals surface area contributed by atoms with Crippen molar-refractivity contribution in [3.05, 3.63) is 18.3 Å². The molecule has 1 aliphatic carbocycles. The van der Waals surface area contributed by atoms with Crippen molar-refractivity contribution in [1.29, 1.82) is 0 Å². The van der Waals surface area contributed by atoms with Gasteiger partial charge in [-0.3, -0.25) is 4.79 Å². The summed E-state index contributed by atoms with van der Waals surface area (Å²) in [6, 6.07) is 2.34. The summed E-state index contributed by atoms with van der Waals surface area (Å²) in [5.41, 5.74) is 0. The highest BCUT2D eigenvalue weighted by atomic mass is 32.2. The zero-order valence-corrected chi connectivity index (χ0v) is 12.2. The van der Waals surface area contributed by atoms with Gasteiger partial charge in [0.15, 0.2) is 0 Å². The van der Waals surface area contributed by atoms with Crippen molar-refractivity contribution >= 4 is 21.7 Å². The maximum absolute atomic E-state index is 12.3. The Balaban J connectivity index is 2.11. The van der Waals surface area contributed by atoms with Gasteiger partial charge in [-0.15, -0.1) is 0 Å². The molecular weight excluding hydrogens is 280 g/mol. The van der Waals surface area contributed by atoms with Gasteiger partial charge in [0.25, 0.3) is 0 Å². The third kappa shape index (κ3) is 3.45. The smallest absolute Gasteiger partial charge is 0.244 e. The predicted octanol–water partition coefficient (Wildman–Crippen LogP) is 0.0687. The SMILES string of the molecule is CNc1ncccc1S(=O)(=O)NC(C)C(=O)NC1CC1. The number of rotatable bonds is 6. The van der Waals surface area contributed by atoms with Gasteiger partial charge >= 0.3 is 0 Å². The van der Waals surface area contributed by atoms with Crippen molar-refractivity contribution in [3.63, 3.8) is 0 Å². The summed E-state index contributed by atoms with van der Waals surface area (Å²) in [6.45, 7) is 1.52. The first-order valence-electron chi connectivity index (χ1n) is 6.39. The van der Waals surface area contributed by atoms with E-state index in [9.17, 15) is 13.2 Å². The average molecular weight is 298 g/mol. The Morgan fingerprint density at radius 2 is 2.15 bits per heavy atom. The number of pyridine rings is 1. The van der Waals surface area contributed by atoms with E-state index in [1.165, 1.54) is 25.3 Å². The molecular formula is C12H18N4O3S. The average Bonchev–Trinajstić information content (AvgIpc) is 3.22. The summed E-state index contributed by atoms with van der Waals surface area (Å²) in [5, 5.41) is 5.47. The van der Waals surface area contributed by atoms with Crippen molar-refractivity contribution in [2.45, 2.75) is 36.7 Å². The molecule has 8 heteroatoms. The van der Waals surface area contributed by atoms with Crippen LogP contribution in [-0.4, -0.2) is 38.4 Å². The van der Waals surface area contributed by atoms with Gasteiger partial charge in [0, 0.05) is 19.3 Å². The first kappa shape index (κ1) is 14.7. The van der Waals surface area contributed by atoms with Crippen LogP contribution in [0.4, 0.5) is 5.82 Å². The number of hydrogen-bond acceptors (Lipinski definition) is 5. The van der Waals surface area contributed by atoms with E-state index in [-0.39, 0.29) is 22.7 Å². The molecule has 1 heterocycles. The molecule has 0 bridgehead atoms. The van der Waals surface area contributed by atoms with Crippen molar-refractivity contribution in [1.82, 2.24) is 15.0 Å². The molecule has 2 rings (SSSR count). The lowest BCUT2D eigenvalue weighted by Crippen LogP contribution is -2.45. The molecule has 0 saturated heterocycles. The van der Waals surface area contributed by atoms with Gasteiger partial charge < -0.3 is 10.6 Å². The number of hydrogen-bond donors (Lipinski definition) is 3. The predicted molar refractivity (Wildman–Crippen MR) is 74.7 cm³/mol. The van der Waals surface area contributed by atoms with Gasteiger partial charge in [0.2, 0.25) is 15.9 Å². The van der Waals surface area contributed by atoms with Gasteiger partial charge in [0.1, 0.15) is 10.7 Å². The van der Waals surface area contributed by atoms with Gasteiger partial charge in [-0.25, -0.2) is 13.4 Å². The minimum atomic E-state index is -3.80. The number of aromatic nitrogens is 1. The van der Waals surface area contributed by atoms with E-state index in [2.05, 4.69) is 20.3 Å². The van der Waals surface area contributed by atoms with E-state index >= 15 is 0 Å². The number of nitrogens with one attached hydrogen (secondary N) is 3. The van der Waals surface area contributed by atoms with E-state index < -0.39 is 16.1 Å². The van der Waals surface area contributed by atoms with Gasteiger partial charge in [0.05, 0.1) is 6.04 Å². The molecule has 1 amide bonds. The largest absolute Gasteiger partial charge is 0.372 e. The van der Waals surface area contributed by atoms with E-state index in [4.69, 9.17) is 0 Å². The minimum Gasteiger partial charge on any atom is -0.372 e. The Morgan fingerprint density at radius 1 is 1.45 bits per heavy atom. The number of carbonyl (C=O) groups is 1. The van der Waals surface area contributed by atoms with E-state index in [1.807, 2.05) is 0 Å². The quantitative estimate of drug-likeness (QED) is 0.690. The van der Waals surface area contributed by atoms with Gasteiger partial charge in [-0.05, 0) is 31.9 Å². The first-order chi connectivity index (χ1) is 9.44. The second kappa shape index (κ2) is 5.76. The second-order valence-electron chi connectivity index (χ2n) is 4.73. The van der Waals surface area contributed by atoms with Crippen LogP contribution in [0.3, 0.4) is 0 Å². The van der Waals surface area contributed by atoms with Crippen molar-refractivity contribution in [2.75, 3.05) is 12.4 Å². The molecule has 7 nitrogen and oxygen atoms in total. The molecule has 0 aromatic carbocycles. The van der Waals surface area contributed by atoms with Crippen LogP contribution in [0, 0.1) is 0 Å². The lowest BCUT2D eigenvalue weighted by molar-refractivity contribution is -0.122. The molecule has 20 heavy (non-hydrogen) atoms. The van der Waals surface area contributed by atoms with Crippen LogP contribution in [0.5, 0.6) is 0 Å². The van der Waals surface area contributed by atoms with Crippen LogP contribution in [0.25, 0.3) is 0 Å². The fraction of sp³-hybridized carbons (Fsp3) is 0.500. The standard InChI is InChI=1S/C12H18N4O3S/c1-8(12(17)15-9-5-6-9)16-20(18,19)10-4-3-7-14-11(10)13-2/h3-4,7-9,16H,5-6H2,1-2H3,(H,13,14)(H,15,17). The number of carbonyl (C=O) groups excluding carboxylic acids is 1. The Bertz CT molecular complexity index is 598. The number of amides is 1. The summed E-state index contributed by atoms with van der Waals surface area (Å²) in [7, 11) is -2.21. The number of sulfonamides is 1. The monoisotopic (exact) mass is 298 g/mol. The summed E-state index contributed by atoms with van der Waals surface area (Å²) < 4.78 is 26.9. The Labute approximate surface area is 118 Å². The van der Waals surface area contributed by atoms with E-state index in [0.717, 1.165) is 12.8 Å². The molecule has 0 aliphatic heterocycles. The molecule has 1 unspecified atom stereocenters.